The Kier molecular flexibility index (Phi) is 4.97. The minimum absolute atomic E-state index is 0.213. The maximum absolute atomic E-state index is 11.6. The van der Waals surface area contributed by atoms with Crippen LogP contribution >= 0.6 is 0 Å². The number of rotatable bonds is 6. The van der Waals surface area contributed by atoms with E-state index in [0.29, 0.717) is 17.1 Å². The van der Waals surface area contributed by atoms with Crippen molar-refractivity contribution < 1.29 is 19.5 Å². The number of aromatic nitrogens is 2. The second kappa shape index (κ2) is 6.91. The molecule has 0 fully saturated rings. The first kappa shape index (κ1) is 15.1. The van der Waals surface area contributed by atoms with Gasteiger partial charge in [0.15, 0.2) is 0 Å². The third-order valence-corrected chi connectivity index (χ3v) is 2.78. The lowest BCUT2D eigenvalue weighted by Gasteiger charge is -2.09. The van der Waals surface area contributed by atoms with Gasteiger partial charge in [-0.05, 0) is 17.6 Å². The Morgan fingerprint density at radius 3 is 2.81 bits per heavy atom. The van der Waals surface area contributed by atoms with Gasteiger partial charge in [0, 0.05) is 12.1 Å². The summed E-state index contributed by atoms with van der Waals surface area (Å²) in [4.78, 5) is 11.6. The molecule has 0 amide bonds. The molecule has 0 saturated carbocycles. The Bertz CT molecular complexity index is 659. The summed E-state index contributed by atoms with van der Waals surface area (Å²) in [5.74, 6) is 0.830. The SMILES string of the molecule is COc1ccc(=O)n(CCOc2cccc(B(O)O)c2)n1. The maximum atomic E-state index is 11.6. The van der Waals surface area contributed by atoms with Crippen LogP contribution in [0.15, 0.2) is 41.2 Å². The van der Waals surface area contributed by atoms with Crippen molar-refractivity contribution in [1.82, 2.24) is 9.78 Å². The van der Waals surface area contributed by atoms with Crippen molar-refractivity contribution in [1.29, 1.82) is 0 Å². The molecule has 2 N–H and O–H groups in total. The minimum atomic E-state index is -1.55. The molecule has 0 bridgehead atoms. The summed E-state index contributed by atoms with van der Waals surface area (Å²) in [5, 5.41) is 22.1. The van der Waals surface area contributed by atoms with E-state index in [-0.39, 0.29) is 18.7 Å². The van der Waals surface area contributed by atoms with Crippen LogP contribution in [-0.2, 0) is 6.54 Å². The van der Waals surface area contributed by atoms with Gasteiger partial charge in [-0.25, -0.2) is 4.68 Å². The van der Waals surface area contributed by atoms with Crippen molar-refractivity contribution in [3.05, 3.63) is 46.8 Å². The number of methoxy groups -OCH3 is 1. The van der Waals surface area contributed by atoms with Gasteiger partial charge in [-0.2, -0.15) is 0 Å². The molecule has 2 rings (SSSR count). The second-order valence-corrected chi connectivity index (χ2v) is 4.23. The highest BCUT2D eigenvalue weighted by Crippen LogP contribution is 2.07. The maximum Gasteiger partial charge on any atom is 0.488 e. The summed E-state index contributed by atoms with van der Waals surface area (Å²) >= 11 is 0. The molecule has 0 aliphatic rings. The molecule has 1 heterocycles. The Morgan fingerprint density at radius 2 is 2.10 bits per heavy atom. The lowest BCUT2D eigenvalue weighted by molar-refractivity contribution is 0.282. The van der Waals surface area contributed by atoms with Gasteiger partial charge in [-0.3, -0.25) is 4.79 Å². The molecule has 7 nitrogen and oxygen atoms in total. The van der Waals surface area contributed by atoms with Crippen LogP contribution in [0.25, 0.3) is 0 Å². The van der Waals surface area contributed by atoms with Crippen molar-refractivity contribution in [2.24, 2.45) is 0 Å². The highest BCUT2D eigenvalue weighted by molar-refractivity contribution is 6.58. The van der Waals surface area contributed by atoms with E-state index in [1.54, 1.807) is 18.2 Å². The molecule has 0 unspecified atom stereocenters. The van der Waals surface area contributed by atoms with Gasteiger partial charge in [0.25, 0.3) is 5.56 Å². The van der Waals surface area contributed by atoms with Crippen molar-refractivity contribution in [3.63, 3.8) is 0 Å². The predicted molar refractivity (Wildman–Crippen MR) is 76.8 cm³/mol. The van der Waals surface area contributed by atoms with E-state index in [1.807, 2.05) is 0 Å². The van der Waals surface area contributed by atoms with Crippen LogP contribution in [0.4, 0.5) is 0 Å². The Balaban J connectivity index is 1.98. The van der Waals surface area contributed by atoms with E-state index in [4.69, 9.17) is 19.5 Å². The van der Waals surface area contributed by atoms with E-state index < -0.39 is 7.12 Å². The third kappa shape index (κ3) is 4.07. The monoisotopic (exact) mass is 290 g/mol. The number of nitrogens with zero attached hydrogens (tertiary/aromatic N) is 2. The van der Waals surface area contributed by atoms with Crippen LogP contribution in [0.5, 0.6) is 11.6 Å². The molecule has 0 atom stereocenters. The first-order chi connectivity index (χ1) is 10.1. The van der Waals surface area contributed by atoms with Crippen LogP contribution in [0.3, 0.4) is 0 Å². The van der Waals surface area contributed by atoms with Crippen molar-refractivity contribution in [2.75, 3.05) is 13.7 Å². The van der Waals surface area contributed by atoms with Gasteiger partial charge in [0.2, 0.25) is 5.88 Å². The number of hydrogen-bond acceptors (Lipinski definition) is 6. The molecular weight excluding hydrogens is 275 g/mol. The highest BCUT2D eigenvalue weighted by Gasteiger charge is 2.11. The van der Waals surface area contributed by atoms with Crippen LogP contribution in [0.2, 0.25) is 0 Å². The molecule has 0 radical (unpaired) electrons. The molecule has 0 spiro atoms. The molecule has 1 aromatic carbocycles. The van der Waals surface area contributed by atoms with Crippen molar-refractivity contribution in [2.45, 2.75) is 6.54 Å². The van der Waals surface area contributed by atoms with Crippen LogP contribution in [0.1, 0.15) is 0 Å². The van der Waals surface area contributed by atoms with E-state index in [9.17, 15) is 4.79 Å². The first-order valence-corrected chi connectivity index (χ1v) is 6.31. The van der Waals surface area contributed by atoms with Crippen LogP contribution in [0, 0.1) is 0 Å². The fourth-order valence-corrected chi connectivity index (χ4v) is 1.71. The van der Waals surface area contributed by atoms with Gasteiger partial charge in [0.05, 0.1) is 13.7 Å². The summed E-state index contributed by atoms with van der Waals surface area (Å²) in [6, 6.07) is 9.30. The Labute approximate surface area is 121 Å². The zero-order valence-corrected chi connectivity index (χ0v) is 11.5. The summed E-state index contributed by atoms with van der Waals surface area (Å²) in [5.41, 5.74) is 0.0862. The molecule has 21 heavy (non-hydrogen) atoms. The highest BCUT2D eigenvalue weighted by atomic mass is 16.5. The molecule has 110 valence electrons. The Hall–Kier alpha value is -2.32. The summed E-state index contributed by atoms with van der Waals surface area (Å²) in [6.07, 6.45) is 0. The zero-order valence-electron chi connectivity index (χ0n) is 11.5. The van der Waals surface area contributed by atoms with Gasteiger partial charge in [-0.15, -0.1) is 5.10 Å². The normalized spacial score (nSPS) is 10.2. The number of hydrogen-bond donors (Lipinski definition) is 2. The van der Waals surface area contributed by atoms with Gasteiger partial charge in [0.1, 0.15) is 12.4 Å². The summed E-state index contributed by atoms with van der Waals surface area (Å²) < 4.78 is 11.7. The average Bonchev–Trinajstić information content (AvgIpc) is 2.49. The Morgan fingerprint density at radius 1 is 1.29 bits per heavy atom. The molecule has 0 saturated heterocycles. The lowest BCUT2D eigenvalue weighted by Crippen LogP contribution is -2.29. The fourth-order valence-electron chi connectivity index (χ4n) is 1.71. The smallest absolute Gasteiger partial charge is 0.488 e. The van der Waals surface area contributed by atoms with Gasteiger partial charge < -0.3 is 19.5 Å². The predicted octanol–water partition coefficient (Wildman–Crippen LogP) is -0.989. The van der Waals surface area contributed by atoms with Crippen molar-refractivity contribution >= 4 is 12.6 Å². The quantitative estimate of drug-likeness (QED) is 0.664. The number of benzene rings is 1. The molecule has 8 heteroatoms. The summed E-state index contributed by atoms with van der Waals surface area (Å²) in [6.45, 7) is 0.465. The largest absolute Gasteiger partial charge is 0.492 e. The lowest BCUT2D eigenvalue weighted by atomic mass is 9.80. The molecule has 2 aromatic rings. The molecular formula is C13H15BN2O5. The van der Waals surface area contributed by atoms with Crippen LogP contribution < -0.4 is 20.5 Å². The standard InChI is InChI=1S/C13H15BN2O5/c1-20-12-5-6-13(17)16(15-12)7-8-21-11-4-2-3-10(9-11)14(18)19/h2-6,9,18-19H,7-8H2,1H3. The van der Waals surface area contributed by atoms with Crippen LogP contribution in [-0.4, -0.2) is 40.7 Å². The van der Waals surface area contributed by atoms with Crippen molar-refractivity contribution in [3.8, 4) is 11.6 Å². The first-order valence-electron chi connectivity index (χ1n) is 6.31. The molecule has 0 aliphatic carbocycles. The topological polar surface area (TPSA) is 93.8 Å². The zero-order chi connectivity index (χ0) is 15.2. The average molecular weight is 290 g/mol. The summed E-state index contributed by atoms with van der Waals surface area (Å²) in [7, 11) is -0.0736. The second-order valence-electron chi connectivity index (χ2n) is 4.23. The van der Waals surface area contributed by atoms with E-state index in [1.165, 1.54) is 30.0 Å². The minimum Gasteiger partial charge on any atom is -0.492 e. The number of ether oxygens (including phenoxy) is 2. The van der Waals surface area contributed by atoms with Gasteiger partial charge in [-0.1, -0.05) is 12.1 Å². The third-order valence-electron chi connectivity index (χ3n) is 2.78. The van der Waals surface area contributed by atoms with E-state index in [0.717, 1.165) is 0 Å². The van der Waals surface area contributed by atoms with E-state index >= 15 is 0 Å². The van der Waals surface area contributed by atoms with E-state index in [2.05, 4.69) is 5.10 Å². The fraction of sp³-hybridized carbons (Fsp3) is 0.231. The van der Waals surface area contributed by atoms with Gasteiger partial charge >= 0.3 is 7.12 Å². The molecule has 1 aromatic heterocycles. The molecule has 0 aliphatic heterocycles.